The maximum absolute atomic E-state index is 5.06. The van der Waals surface area contributed by atoms with Gasteiger partial charge in [-0.05, 0) is 5.30 Å². The van der Waals surface area contributed by atoms with E-state index >= 15 is 0 Å². The normalized spacial score (nSPS) is 12.0. The molecular weight excluding hydrogens is 527 g/mol. The standard InChI is InChI=1S/C32H19N8P/c41-23-15-7-14-22-24(23)32-39-30-21-13-6-5-12-20(21)28(37-30)35-26-17-9-2-1-8-16(17)25(33-26)34-27-18-10-3-4-11-19(18)29(36-27)38-31(22)40-32/h1-15H,41H2,(H2,33,34,35,36,37,38,39,40). The van der Waals surface area contributed by atoms with E-state index in [-0.39, 0.29) is 0 Å². The molecule has 0 saturated heterocycles. The van der Waals surface area contributed by atoms with Gasteiger partial charge in [-0.25, -0.2) is 29.9 Å². The highest BCUT2D eigenvalue weighted by molar-refractivity contribution is 7.28. The summed E-state index contributed by atoms with van der Waals surface area (Å²) in [6.45, 7) is 0. The number of nitrogens with one attached hydrogen (secondary N) is 2. The third-order valence-corrected chi connectivity index (χ3v) is 8.09. The fourth-order valence-corrected chi connectivity index (χ4v) is 6.12. The third kappa shape index (κ3) is 3.31. The van der Waals surface area contributed by atoms with Crippen LogP contribution in [0.15, 0.2) is 91.0 Å². The number of rotatable bonds is 0. The zero-order chi connectivity index (χ0) is 27.1. The Kier molecular flexibility index (Phi) is 4.57. The Morgan fingerprint density at radius 3 is 1.29 bits per heavy atom. The molecule has 1 unspecified atom stereocenters. The van der Waals surface area contributed by atoms with Gasteiger partial charge in [-0.1, -0.05) is 91.0 Å². The summed E-state index contributed by atoms with van der Waals surface area (Å²) in [6.07, 6.45) is 0. The van der Waals surface area contributed by atoms with E-state index in [2.05, 4.69) is 19.2 Å². The second-order valence-corrected chi connectivity index (χ2v) is 10.6. The summed E-state index contributed by atoms with van der Waals surface area (Å²) < 4.78 is 0. The van der Waals surface area contributed by atoms with Gasteiger partial charge in [-0.3, -0.25) is 0 Å². The van der Waals surface area contributed by atoms with E-state index in [1.807, 2.05) is 91.0 Å². The van der Waals surface area contributed by atoms with E-state index in [1.165, 1.54) is 0 Å². The number of aromatic nitrogens is 8. The molecule has 1 atom stereocenters. The van der Waals surface area contributed by atoms with Crippen LogP contribution in [0.1, 0.15) is 0 Å². The molecule has 9 rings (SSSR count). The maximum Gasteiger partial charge on any atom is 0.164 e. The second-order valence-electron chi connectivity index (χ2n) is 10.0. The minimum Gasteiger partial charge on any atom is -0.324 e. The summed E-state index contributed by atoms with van der Waals surface area (Å²) in [6, 6.07) is 30.3. The molecule has 8 nitrogen and oxygen atoms in total. The van der Waals surface area contributed by atoms with E-state index in [4.69, 9.17) is 29.9 Å². The Morgan fingerprint density at radius 2 is 0.780 bits per heavy atom. The molecule has 5 heterocycles. The van der Waals surface area contributed by atoms with Crippen LogP contribution in [0.3, 0.4) is 0 Å². The Morgan fingerprint density at radius 1 is 0.390 bits per heavy atom. The Balaban J connectivity index is 1.52. The van der Waals surface area contributed by atoms with Crippen molar-refractivity contribution in [3.8, 4) is 45.6 Å². The van der Waals surface area contributed by atoms with Gasteiger partial charge in [0, 0.05) is 43.8 Å². The first-order chi connectivity index (χ1) is 20.2. The van der Waals surface area contributed by atoms with Crippen molar-refractivity contribution in [3.63, 3.8) is 0 Å². The van der Waals surface area contributed by atoms with E-state index in [1.54, 1.807) is 0 Å². The molecule has 7 aromatic rings. The van der Waals surface area contributed by atoms with Crippen LogP contribution in [0, 0.1) is 0 Å². The van der Waals surface area contributed by atoms with Crippen molar-refractivity contribution in [3.05, 3.63) is 91.0 Å². The molecule has 0 radical (unpaired) electrons. The highest BCUT2D eigenvalue weighted by atomic mass is 31.0. The Hall–Kier alpha value is -5.33. The number of benzene rings is 4. The fraction of sp³-hybridized carbons (Fsp3) is 0. The largest absolute Gasteiger partial charge is 0.324 e. The molecule has 0 aliphatic carbocycles. The van der Waals surface area contributed by atoms with Gasteiger partial charge in [0.2, 0.25) is 0 Å². The number of H-pyrrole nitrogens is 2. The van der Waals surface area contributed by atoms with Crippen molar-refractivity contribution in [1.82, 2.24) is 39.9 Å². The van der Waals surface area contributed by atoms with Gasteiger partial charge in [0.25, 0.3) is 0 Å². The molecule has 41 heavy (non-hydrogen) atoms. The number of hydrogen-bond acceptors (Lipinski definition) is 6. The van der Waals surface area contributed by atoms with E-state index in [0.29, 0.717) is 45.9 Å². The summed E-state index contributed by atoms with van der Waals surface area (Å²) in [4.78, 5) is 36.9. The van der Waals surface area contributed by atoms with Crippen molar-refractivity contribution in [1.29, 1.82) is 0 Å². The van der Waals surface area contributed by atoms with Crippen LogP contribution in [-0.4, -0.2) is 39.9 Å². The van der Waals surface area contributed by atoms with Gasteiger partial charge in [-0.2, -0.15) is 0 Å². The predicted molar refractivity (Wildman–Crippen MR) is 165 cm³/mol. The maximum atomic E-state index is 5.06. The molecule has 2 N–H and O–H groups in total. The summed E-state index contributed by atoms with van der Waals surface area (Å²) in [5.74, 6) is 2.37. The molecule has 9 heteroatoms. The molecule has 8 bridgehead atoms. The predicted octanol–water partition coefficient (Wildman–Crippen LogP) is 6.37. The van der Waals surface area contributed by atoms with E-state index in [0.717, 1.165) is 49.1 Å². The lowest BCUT2D eigenvalue weighted by molar-refractivity contribution is 1.19. The average Bonchev–Trinajstić information content (AvgIpc) is 3.73. The van der Waals surface area contributed by atoms with Crippen molar-refractivity contribution in [2.24, 2.45) is 0 Å². The fourth-order valence-electron chi connectivity index (χ4n) is 5.72. The monoisotopic (exact) mass is 546 g/mol. The minimum atomic E-state index is 0.592. The average molecular weight is 547 g/mol. The summed E-state index contributed by atoms with van der Waals surface area (Å²) >= 11 is 0. The SMILES string of the molecule is Pc1cccc2c3nc4nc(nc5[nH]c(nc6nc(nc([nH]3)c12)-c1ccccc1-6)c1ccccc51)-c1ccccc1-4. The molecule has 3 aromatic heterocycles. The molecule has 2 aliphatic heterocycles. The zero-order valence-electron chi connectivity index (χ0n) is 21.4. The van der Waals surface area contributed by atoms with Crippen molar-refractivity contribution < 1.29 is 0 Å². The van der Waals surface area contributed by atoms with Crippen LogP contribution in [0.25, 0.3) is 89.7 Å². The molecule has 0 amide bonds. The lowest BCUT2D eigenvalue weighted by Crippen LogP contribution is -1.91. The summed E-state index contributed by atoms with van der Waals surface area (Å²) in [5.41, 5.74) is 6.42. The first-order valence-corrected chi connectivity index (χ1v) is 13.8. The van der Waals surface area contributed by atoms with Gasteiger partial charge in [0.1, 0.15) is 22.6 Å². The van der Waals surface area contributed by atoms with Gasteiger partial charge in [0.15, 0.2) is 23.3 Å². The van der Waals surface area contributed by atoms with Crippen molar-refractivity contribution in [2.45, 2.75) is 0 Å². The second kappa shape index (κ2) is 8.34. The highest BCUT2D eigenvalue weighted by Crippen LogP contribution is 2.36. The third-order valence-electron chi connectivity index (χ3n) is 7.61. The van der Waals surface area contributed by atoms with Crippen LogP contribution in [0.4, 0.5) is 0 Å². The first-order valence-electron chi connectivity index (χ1n) is 13.2. The molecule has 0 spiro atoms. The number of hydrogen-bond donors (Lipinski definition) is 2. The van der Waals surface area contributed by atoms with Crippen LogP contribution >= 0.6 is 9.24 Å². The number of aromatic amines is 2. The summed E-state index contributed by atoms with van der Waals surface area (Å²) in [5, 5.41) is 4.83. The van der Waals surface area contributed by atoms with Crippen molar-refractivity contribution >= 4 is 58.7 Å². The number of nitrogens with zero attached hydrogens (tertiary/aromatic N) is 6. The smallest absolute Gasteiger partial charge is 0.164 e. The molecule has 192 valence electrons. The number of fused-ring (bicyclic) bond motifs is 20. The van der Waals surface area contributed by atoms with Gasteiger partial charge in [0.05, 0.1) is 0 Å². The Labute approximate surface area is 234 Å². The molecule has 2 aliphatic rings. The van der Waals surface area contributed by atoms with Gasteiger partial charge >= 0.3 is 0 Å². The zero-order valence-corrected chi connectivity index (χ0v) is 22.6. The molecule has 4 aromatic carbocycles. The minimum absolute atomic E-state index is 0.592. The van der Waals surface area contributed by atoms with Gasteiger partial charge < -0.3 is 9.97 Å². The Bertz CT molecular complexity index is 2400. The van der Waals surface area contributed by atoms with Crippen LogP contribution in [0.5, 0.6) is 0 Å². The lowest BCUT2D eigenvalue weighted by atomic mass is 10.1. The van der Waals surface area contributed by atoms with Crippen LogP contribution in [0.2, 0.25) is 0 Å². The van der Waals surface area contributed by atoms with Crippen LogP contribution < -0.4 is 5.30 Å². The highest BCUT2D eigenvalue weighted by Gasteiger charge is 2.22. The van der Waals surface area contributed by atoms with Gasteiger partial charge in [-0.15, -0.1) is 9.24 Å². The van der Waals surface area contributed by atoms with Crippen molar-refractivity contribution in [2.75, 3.05) is 0 Å². The van der Waals surface area contributed by atoms with E-state index in [9.17, 15) is 0 Å². The lowest BCUT2D eigenvalue weighted by Gasteiger charge is -1.97. The molecule has 0 fully saturated rings. The topological polar surface area (TPSA) is 109 Å². The first kappa shape index (κ1) is 22.5. The quantitative estimate of drug-likeness (QED) is 0.214. The summed E-state index contributed by atoms with van der Waals surface area (Å²) in [7, 11) is 2.82. The molecule has 0 saturated carbocycles. The molecular formula is C32H19N8P. The van der Waals surface area contributed by atoms with Crippen LogP contribution in [-0.2, 0) is 0 Å². The van der Waals surface area contributed by atoms with E-state index < -0.39 is 0 Å².